The first kappa shape index (κ1) is 19.9. The van der Waals surface area contributed by atoms with E-state index in [4.69, 9.17) is 23.2 Å². The van der Waals surface area contributed by atoms with Gasteiger partial charge in [-0.3, -0.25) is 9.36 Å². The van der Waals surface area contributed by atoms with Gasteiger partial charge in [-0.15, -0.1) is 10.2 Å². The van der Waals surface area contributed by atoms with Gasteiger partial charge in [0.1, 0.15) is 0 Å². The molecule has 2 aromatic rings. The van der Waals surface area contributed by atoms with Crippen LogP contribution in [-0.2, 0) is 4.79 Å². The summed E-state index contributed by atoms with van der Waals surface area (Å²) >= 11 is 13.4. The van der Waals surface area contributed by atoms with E-state index in [-0.39, 0.29) is 11.7 Å². The monoisotopic (exact) mass is 439 g/mol. The fraction of sp³-hybridized carbons (Fsp3) is 0.526. The Bertz CT molecular complexity index is 862. The van der Waals surface area contributed by atoms with E-state index >= 15 is 0 Å². The number of aromatic nitrogens is 3. The lowest BCUT2D eigenvalue weighted by Crippen LogP contribution is -2.34. The second-order valence-corrected chi connectivity index (χ2v) is 9.30. The number of halogens is 2. The second kappa shape index (κ2) is 8.51. The van der Waals surface area contributed by atoms with Crippen molar-refractivity contribution >= 4 is 52.5 Å². The van der Waals surface area contributed by atoms with Crippen LogP contribution < -0.4 is 10.2 Å². The Hall–Kier alpha value is -1.44. The predicted molar refractivity (Wildman–Crippen MR) is 115 cm³/mol. The van der Waals surface area contributed by atoms with Gasteiger partial charge < -0.3 is 10.2 Å². The Morgan fingerprint density at radius 2 is 1.96 bits per heavy atom. The van der Waals surface area contributed by atoms with Gasteiger partial charge in [0.05, 0.1) is 16.5 Å². The first-order chi connectivity index (χ1) is 13.5. The zero-order valence-corrected chi connectivity index (χ0v) is 18.0. The Morgan fingerprint density at radius 1 is 1.21 bits per heavy atom. The normalized spacial score (nSPS) is 17.8. The minimum atomic E-state index is -0.132. The fourth-order valence-corrected chi connectivity index (χ4v) is 4.61. The lowest BCUT2D eigenvalue weighted by atomic mass is 10.00. The summed E-state index contributed by atoms with van der Waals surface area (Å²) in [5.74, 6) is 1.85. The molecule has 1 aliphatic carbocycles. The molecule has 1 aromatic heterocycles. The van der Waals surface area contributed by atoms with E-state index in [2.05, 4.69) is 31.9 Å². The lowest BCUT2D eigenvalue weighted by Gasteiger charge is -2.31. The number of hydrogen-bond donors (Lipinski definition) is 1. The zero-order chi connectivity index (χ0) is 19.7. The summed E-state index contributed by atoms with van der Waals surface area (Å²) < 4.78 is 2.23. The van der Waals surface area contributed by atoms with Crippen LogP contribution in [0.4, 0.5) is 11.6 Å². The van der Waals surface area contributed by atoms with Gasteiger partial charge in [-0.25, -0.2) is 0 Å². The molecule has 1 saturated carbocycles. The molecule has 2 fully saturated rings. The van der Waals surface area contributed by atoms with Crippen LogP contribution >= 0.6 is 35.0 Å². The van der Waals surface area contributed by atoms with Gasteiger partial charge in [-0.2, -0.15) is 0 Å². The molecule has 2 heterocycles. The van der Waals surface area contributed by atoms with Crippen LogP contribution in [-0.4, -0.2) is 39.5 Å². The number of anilines is 2. The molecule has 0 spiro atoms. The number of piperidine rings is 1. The average Bonchev–Trinajstić information content (AvgIpc) is 3.42. The molecule has 9 heteroatoms. The van der Waals surface area contributed by atoms with E-state index in [1.54, 1.807) is 18.2 Å². The van der Waals surface area contributed by atoms with Gasteiger partial charge >= 0.3 is 0 Å². The van der Waals surface area contributed by atoms with Gasteiger partial charge in [-0.05, 0) is 49.8 Å². The number of thioether (sulfide) groups is 1. The molecule has 1 N–H and O–H groups in total. The molecule has 2 aliphatic rings. The third kappa shape index (κ3) is 4.58. The highest BCUT2D eigenvalue weighted by Gasteiger charge is 2.32. The standard InChI is InChI=1S/C19H23Cl2N5OS/c1-12-6-8-25(9-7-12)18-23-24-19(26(18)14-3-4-14)28-11-17(27)22-16-5-2-13(20)10-15(16)21/h2,5,10,12,14H,3-4,6-9,11H2,1H3,(H,22,27). The summed E-state index contributed by atoms with van der Waals surface area (Å²) in [6.07, 6.45) is 4.67. The number of amides is 1. The van der Waals surface area contributed by atoms with Crippen molar-refractivity contribution in [2.24, 2.45) is 5.92 Å². The van der Waals surface area contributed by atoms with Crippen molar-refractivity contribution in [3.63, 3.8) is 0 Å². The van der Waals surface area contributed by atoms with Crippen LogP contribution in [0.25, 0.3) is 0 Å². The smallest absolute Gasteiger partial charge is 0.234 e. The molecule has 0 radical (unpaired) electrons. The second-order valence-electron chi connectivity index (χ2n) is 7.51. The number of carbonyl (C=O) groups excluding carboxylic acids is 1. The average molecular weight is 440 g/mol. The highest BCUT2D eigenvalue weighted by molar-refractivity contribution is 7.99. The van der Waals surface area contributed by atoms with Crippen LogP contribution in [0.1, 0.15) is 38.6 Å². The van der Waals surface area contributed by atoms with Crippen molar-refractivity contribution in [1.29, 1.82) is 0 Å². The van der Waals surface area contributed by atoms with E-state index in [9.17, 15) is 4.79 Å². The maximum atomic E-state index is 12.4. The summed E-state index contributed by atoms with van der Waals surface area (Å²) in [6.45, 7) is 4.34. The van der Waals surface area contributed by atoms with Crippen molar-refractivity contribution in [2.45, 2.75) is 43.8 Å². The molecular weight excluding hydrogens is 417 g/mol. The van der Waals surface area contributed by atoms with Crippen LogP contribution in [0.5, 0.6) is 0 Å². The molecule has 0 unspecified atom stereocenters. The molecule has 0 bridgehead atoms. The van der Waals surface area contributed by atoms with Gasteiger partial charge in [-0.1, -0.05) is 41.9 Å². The van der Waals surface area contributed by atoms with Crippen LogP contribution in [0.2, 0.25) is 10.0 Å². The van der Waals surface area contributed by atoms with E-state index < -0.39 is 0 Å². The number of hydrogen-bond acceptors (Lipinski definition) is 5. The zero-order valence-electron chi connectivity index (χ0n) is 15.7. The van der Waals surface area contributed by atoms with Crippen molar-refractivity contribution in [1.82, 2.24) is 14.8 Å². The molecule has 6 nitrogen and oxygen atoms in total. The number of rotatable bonds is 6. The summed E-state index contributed by atoms with van der Waals surface area (Å²) in [4.78, 5) is 14.7. The molecule has 1 aliphatic heterocycles. The number of nitrogens with zero attached hydrogens (tertiary/aromatic N) is 4. The van der Waals surface area contributed by atoms with E-state index in [0.29, 0.717) is 21.8 Å². The van der Waals surface area contributed by atoms with Crippen molar-refractivity contribution < 1.29 is 4.79 Å². The van der Waals surface area contributed by atoms with Crippen LogP contribution in [0.15, 0.2) is 23.4 Å². The molecule has 1 amide bonds. The first-order valence-electron chi connectivity index (χ1n) is 9.59. The minimum absolute atomic E-state index is 0.132. The molecule has 4 rings (SSSR count). The molecule has 28 heavy (non-hydrogen) atoms. The van der Waals surface area contributed by atoms with E-state index in [1.165, 1.54) is 24.6 Å². The maximum Gasteiger partial charge on any atom is 0.234 e. The lowest BCUT2D eigenvalue weighted by molar-refractivity contribution is -0.113. The minimum Gasteiger partial charge on any atom is -0.341 e. The van der Waals surface area contributed by atoms with E-state index in [0.717, 1.165) is 43.0 Å². The maximum absolute atomic E-state index is 12.4. The Labute approximate surface area is 179 Å². The third-order valence-electron chi connectivity index (χ3n) is 5.16. The SMILES string of the molecule is CC1CCN(c2nnc(SCC(=O)Nc3ccc(Cl)cc3Cl)n2C2CC2)CC1. The van der Waals surface area contributed by atoms with Crippen molar-refractivity contribution in [3.05, 3.63) is 28.2 Å². The Kier molecular flexibility index (Phi) is 6.04. The van der Waals surface area contributed by atoms with Crippen molar-refractivity contribution in [3.8, 4) is 0 Å². The number of carbonyl (C=O) groups is 1. The molecular formula is C19H23Cl2N5OS. The van der Waals surface area contributed by atoms with Crippen LogP contribution in [0, 0.1) is 5.92 Å². The number of benzene rings is 1. The molecule has 0 atom stereocenters. The molecule has 1 saturated heterocycles. The Morgan fingerprint density at radius 3 is 2.64 bits per heavy atom. The third-order valence-corrected chi connectivity index (χ3v) is 6.65. The topological polar surface area (TPSA) is 63.1 Å². The predicted octanol–water partition coefficient (Wildman–Crippen LogP) is 4.89. The highest BCUT2D eigenvalue weighted by atomic mass is 35.5. The van der Waals surface area contributed by atoms with Gasteiger partial charge in [0.2, 0.25) is 11.9 Å². The summed E-state index contributed by atoms with van der Waals surface area (Å²) in [7, 11) is 0. The fourth-order valence-electron chi connectivity index (χ4n) is 3.35. The highest BCUT2D eigenvalue weighted by Crippen LogP contribution is 2.41. The molecule has 1 aromatic carbocycles. The van der Waals surface area contributed by atoms with E-state index in [1.807, 2.05) is 0 Å². The number of nitrogens with one attached hydrogen (secondary N) is 1. The largest absolute Gasteiger partial charge is 0.341 e. The quantitative estimate of drug-likeness (QED) is 0.649. The summed E-state index contributed by atoms with van der Waals surface area (Å²) in [5, 5.41) is 13.5. The summed E-state index contributed by atoms with van der Waals surface area (Å²) in [6, 6.07) is 5.48. The van der Waals surface area contributed by atoms with Crippen LogP contribution in [0.3, 0.4) is 0 Å². The van der Waals surface area contributed by atoms with Crippen molar-refractivity contribution in [2.75, 3.05) is 29.1 Å². The van der Waals surface area contributed by atoms with Gasteiger partial charge in [0.15, 0.2) is 5.16 Å². The molecule has 150 valence electrons. The van der Waals surface area contributed by atoms with Gasteiger partial charge in [0, 0.05) is 24.2 Å². The Balaban J connectivity index is 1.41. The van der Waals surface area contributed by atoms with Gasteiger partial charge in [0.25, 0.3) is 0 Å². The summed E-state index contributed by atoms with van der Waals surface area (Å²) in [5.41, 5.74) is 0.559. The first-order valence-corrected chi connectivity index (χ1v) is 11.3.